The molecule has 0 bridgehead atoms. The van der Waals surface area contributed by atoms with Crippen molar-refractivity contribution in [3.05, 3.63) is 34.9 Å². The second kappa shape index (κ2) is 5.68. The molecule has 0 saturated heterocycles. The van der Waals surface area contributed by atoms with Gasteiger partial charge in [-0.2, -0.15) is 0 Å². The van der Waals surface area contributed by atoms with Gasteiger partial charge in [-0.3, -0.25) is 9.59 Å². The SMILES string of the molecule is CC(C)(C)NC(=O)CNC(=O)C1(c2cccc(Cl)c2)CC1. The first-order valence-electron chi connectivity index (χ1n) is 7.08. The minimum atomic E-state index is -0.507. The van der Waals surface area contributed by atoms with Crippen molar-refractivity contribution in [3.63, 3.8) is 0 Å². The first-order chi connectivity index (χ1) is 9.73. The molecule has 2 amide bonds. The highest BCUT2D eigenvalue weighted by Gasteiger charge is 2.51. The summed E-state index contributed by atoms with van der Waals surface area (Å²) in [5.41, 5.74) is 0.114. The number of rotatable bonds is 4. The number of hydrogen-bond donors (Lipinski definition) is 2. The Morgan fingerprint density at radius 2 is 1.95 bits per heavy atom. The maximum absolute atomic E-state index is 12.4. The van der Waals surface area contributed by atoms with Crippen molar-refractivity contribution in [3.8, 4) is 0 Å². The minimum absolute atomic E-state index is 0.00157. The summed E-state index contributed by atoms with van der Waals surface area (Å²) in [6, 6.07) is 7.37. The molecule has 4 nitrogen and oxygen atoms in total. The average molecular weight is 309 g/mol. The summed E-state index contributed by atoms with van der Waals surface area (Å²) < 4.78 is 0. The van der Waals surface area contributed by atoms with E-state index in [0.29, 0.717) is 5.02 Å². The summed E-state index contributed by atoms with van der Waals surface area (Å²) in [6.45, 7) is 5.71. The molecule has 0 atom stereocenters. The Morgan fingerprint density at radius 3 is 2.48 bits per heavy atom. The predicted molar refractivity (Wildman–Crippen MR) is 83.3 cm³/mol. The van der Waals surface area contributed by atoms with Crippen LogP contribution >= 0.6 is 11.6 Å². The second-order valence-corrected chi connectivity index (χ2v) is 7.01. The van der Waals surface area contributed by atoms with Gasteiger partial charge >= 0.3 is 0 Å². The van der Waals surface area contributed by atoms with E-state index in [4.69, 9.17) is 11.6 Å². The summed E-state index contributed by atoms with van der Waals surface area (Å²) in [5.74, 6) is -0.286. The van der Waals surface area contributed by atoms with Gasteiger partial charge in [-0.25, -0.2) is 0 Å². The van der Waals surface area contributed by atoms with Crippen LogP contribution < -0.4 is 10.6 Å². The van der Waals surface area contributed by atoms with Gasteiger partial charge in [0.25, 0.3) is 0 Å². The quantitative estimate of drug-likeness (QED) is 0.897. The molecule has 1 fully saturated rings. The van der Waals surface area contributed by atoms with Gasteiger partial charge in [0.2, 0.25) is 11.8 Å². The van der Waals surface area contributed by atoms with Gasteiger partial charge in [-0.05, 0) is 51.3 Å². The van der Waals surface area contributed by atoms with E-state index in [1.807, 2.05) is 39.0 Å². The highest BCUT2D eigenvalue weighted by Crippen LogP contribution is 2.48. The van der Waals surface area contributed by atoms with Gasteiger partial charge < -0.3 is 10.6 Å². The maximum Gasteiger partial charge on any atom is 0.239 e. The molecule has 1 aromatic rings. The third kappa shape index (κ3) is 3.97. The van der Waals surface area contributed by atoms with Crippen molar-refractivity contribution in [2.24, 2.45) is 0 Å². The zero-order valence-corrected chi connectivity index (χ0v) is 13.4. The zero-order valence-electron chi connectivity index (χ0n) is 12.6. The van der Waals surface area contributed by atoms with Gasteiger partial charge in [0.1, 0.15) is 0 Å². The average Bonchev–Trinajstić information content (AvgIpc) is 3.15. The molecule has 0 radical (unpaired) electrons. The molecule has 1 saturated carbocycles. The Bertz CT molecular complexity index is 560. The van der Waals surface area contributed by atoms with E-state index >= 15 is 0 Å². The number of amides is 2. The zero-order chi connectivity index (χ0) is 15.7. The Morgan fingerprint density at radius 1 is 1.29 bits per heavy atom. The van der Waals surface area contributed by atoms with Crippen LogP contribution in [0.4, 0.5) is 0 Å². The highest BCUT2D eigenvalue weighted by molar-refractivity contribution is 6.30. The van der Waals surface area contributed by atoms with Crippen LogP contribution in [0.1, 0.15) is 39.2 Å². The van der Waals surface area contributed by atoms with Crippen LogP contribution in [0.15, 0.2) is 24.3 Å². The van der Waals surface area contributed by atoms with Crippen LogP contribution in [0.25, 0.3) is 0 Å². The normalized spacial score (nSPS) is 16.2. The molecule has 1 aliphatic rings. The van der Waals surface area contributed by atoms with Crippen LogP contribution in [-0.2, 0) is 15.0 Å². The lowest BCUT2D eigenvalue weighted by molar-refractivity contribution is -0.128. The van der Waals surface area contributed by atoms with Crippen LogP contribution in [-0.4, -0.2) is 23.9 Å². The van der Waals surface area contributed by atoms with E-state index in [0.717, 1.165) is 18.4 Å². The van der Waals surface area contributed by atoms with E-state index in [-0.39, 0.29) is 23.9 Å². The lowest BCUT2D eigenvalue weighted by Crippen LogP contribution is -2.47. The lowest BCUT2D eigenvalue weighted by Gasteiger charge is -2.21. The van der Waals surface area contributed by atoms with Gasteiger partial charge in [0.15, 0.2) is 0 Å². The lowest BCUT2D eigenvalue weighted by atomic mass is 9.95. The number of nitrogens with one attached hydrogen (secondary N) is 2. The third-order valence-corrected chi connectivity index (χ3v) is 3.72. The van der Waals surface area contributed by atoms with Gasteiger partial charge in [0, 0.05) is 10.6 Å². The van der Waals surface area contributed by atoms with Crippen molar-refractivity contribution >= 4 is 23.4 Å². The van der Waals surface area contributed by atoms with E-state index in [9.17, 15) is 9.59 Å². The third-order valence-electron chi connectivity index (χ3n) is 3.49. The number of carbonyl (C=O) groups excluding carboxylic acids is 2. The molecule has 0 aliphatic heterocycles. The summed E-state index contributed by atoms with van der Waals surface area (Å²) in [5, 5.41) is 6.17. The molecule has 0 heterocycles. The Balaban J connectivity index is 1.96. The van der Waals surface area contributed by atoms with Gasteiger partial charge in [-0.1, -0.05) is 23.7 Å². The first-order valence-corrected chi connectivity index (χ1v) is 7.46. The first kappa shape index (κ1) is 15.8. The molecule has 1 aliphatic carbocycles. The molecule has 21 heavy (non-hydrogen) atoms. The molecule has 114 valence electrons. The summed E-state index contributed by atoms with van der Waals surface area (Å²) >= 11 is 5.99. The highest BCUT2D eigenvalue weighted by atomic mass is 35.5. The second-order valence-electron chi connectivity index (χ2n) is 6.57. The van der Waals surface area contributed by atoms with Crippen molar-refractivity contribution < 1.29 is 9.59 Å². The van der Waals surface area contributed by atoms with Crippen molar-refractivity contribution in [2.45, 2.75) is 44.6 Å². The molecular formula is C16H21ClN2O2. The Labute approximate surface area is 130 Å². The van der Waals surface area contributed by atoms with E-state index < -0.39 is 5.41 Å². The molecule has 0 aromatic heterocycles. The van der Waals surface area contributed by atoms with Crippen LogP contribution in [0.3, 0.4) is 0 Å². The molecule has 2 N–H and O–H groups in total. The van der Waals surface area contributed by atoms with E-state index in [2.05, 4.69) is 10.6 Å². The predicted octanol–water partition coefficient (Wildman–Crippen LogP) is 2.40. The topological polar surface area (TPSA) is 58.2 Å². The van der Waals surface area contributed by atoms with Crippen molar-refractivity contribution in [2.75, 3.05) is 6.54 Å². The molecule has 5 heteroatoms. The van der Waals surface area contributed by atoms with Gasteiger partial charge in [0.05, 0.1) is 12.0 Å². The monoisotopic (exact) mass is 308 g/mol. The molecular weight excluding hydrogens is 288 g/mol. The fourth-order valence-electron chi connectivity index (χ4n) is 2.35. The van der Waals surface area contributed by atoms with Crippen LogP contribution in [0, 0.1) is 0 Å². The maximum atomic E-state index is 12.4. The Hall–Kier alpha value is -1.55. The summed E-state index contributed by atoms with van der Waals surface area (Å²) in [7, 11) is 0. The summed E-state index contributed by atoms with van der Waals surface area (Å²) in [4.78, 5) is 24.1. The number of carbonyl (C=O) groups is 2. The Kier molecular flexibility index (Phi) is 4.28. The fourth-order valence-corrected chi connectivity index (χ4v) is 2.54. The van der Waals surface area contributed by atoms with Crippen LogP contribution in [0.5, 0.6) is 0 Å². The van der Waals surface area contributed by atoms with E-state index in [1.165, 1.54) is 0 Å². The smallest absolute Gasteiger partial charge is 0.239 e. The molecule has 0 unspecified atom stereocenters. The van der Waals surface area contributed by atoms with Crippen molar-refractivity contribution in [1.82, 2.24) is 10.6 Å². The largest absolute Gasteiger partial charge is 0.350 e. The van der Waals surface area contributed by atoms with E-state index in [1.54, 1.807) is 6.07 Å². The van der Waals surface area contributed by atoms with Crippen LogP contribution in [0.2, 0.25) is 5.02 Å². The fraction of sp³-hybridized carbons (Fsp3) is 0.500. The van der Waals surface area contributed by atoms with Gasteiger partial charge in [-0.15, -0.1) is 0 Å². The minimum Gasteiger partial charge on any atom is -0.350 e. The standard InChI is InChI=1S/C16H21ClN2O2/c1-15(2,3)19-13(20)10-18-14(21)16(7-8-16)11-5-4-6-12(17)9-11/h4-6,9H,7-8,10H2,1-3H3,(H,18,21)(H,19,20). The van der Waals surface area contributed by atoms with Crippen molar-refractivity contribution in [1.29, 1.82) is 0 Å². The number of benzene rings is 1. The summed E-state index contributed by atoms with van der Waals surface area (Å²) in [6.07, 6.45) is 1.58. The molecule has 0 spiro atoms. The number of halogens is 1. The molecule has 2 rings (SSSR count). The number of hydrogen-bond acceptors (Lipinski definition) is 2. The molecule has 1 aromatic carbocycles.